The Kier molecular flexibility index (Phi) is 4.35. The van der Waals surface area contributed by atoms with Crippen LogP contribution in [0.25, 0.3) is 6.08 Å². The monoisotopic (exact) mass is 244 g/mol. The molecule has 90 valence electrons. The fourth-order valence-electron chi connectivity index (χ4n) is 1.13. The van der Waals surface area contributed by atoms with Gasteiger partial charge in [0.05, 0.1) is 11.2 Å². The van der Waals surface area contributed by atoms with Gasteiger partial charge in [-0.25, -0.2) is 4.79 Å². The summed E-state index contributed by atoms with van der Waals surface area (Å²) in [5, 5.41) is 19.2. The third-order valence-electron chi connectivity index (χ3n) is 1.95. The smallest absolute Gasteiger partial charge is 0.353 e. The highest BCUT2D eigenvalue weighted by Gasteiger charge is 2.10. The van der Waals surface area contributed by atoms with E-state index in [1.54, 1.807) is 6.07 Å². The molecule has 0 heterocycles. The molecule has 0 atom stereocenters. The molecule has 1 aromatic carbocycles. The fourth-order valence-corrected chi connectivity index (χ4v) is 1.13. The zero-order valence-electron chi connectivity index (χ0n) is 9.20. The van der Waals surface area contributed by atoms with E-state index in [0.717, 1.165) is 6.26 Å². The molecule has 1 rings (SSSR count). The first kappa shape index (κ1) is 13.1. The van der Waals surface area contributed by atoms with Gasteiger partial charge >= 0.3 is 5.97 Å². The van der Waals surface area contributed by atoms with Gasteiger partial charge in [0.15, 0.2) is 0 Å². The van der Waals surface area contributed by atoms with E-state index in [0.29, 0.717) is 5.56 Å². The summed E-state index contributed by atoms with van der Waals surface area (Å²) in [4.78, 5) is 21.2. The predicted octanol–water partition coefficient (Wildman–Crippen LogP) is 2.19. The van der Waals surface area contributed by atoms with Crippen molar-refractivity contribution in [1.82, 2.24) is 0 Å². The van der Waals surface area contributed by atoms with Gasteiger partial charge in [-0.05, 0) is 23.8 Å². The first-order chi connectivity index (χ1) is 8.58. The van der Waals surface area contributed by atoms with Crippen molar-refractivity contribution in [2.45, 2.75) is 0 Å². The second-order valence-electron chi connectivity index (χ2n) is 3.09. The van der Waals surface area contributed by atoms with E-state index in [-0.39, 0.29) is 11.3 Å². The summed E-state index contributed by atoms with van der Waals surface area (Å²) in [6.07, 6.45) is 2.19. The molecule has 0 saturated carbocycles. The van der Waals surface area contributed by atoms with Crippen LogP contribution in [-0.2, 0) is 9.53 Å². The number of non-ortho nitro benzene ring substituents is 1. The van der Waals surface area contributed by atoms with Gasteiger partial charge in [0, 0.05) is 12.1 Å². The average Bonchev–Trinajstić information content (AvgIpc) is 2.36. The molecule has 0 aliphatic carbocycles. The van der Waals surface area contributed by atoms with Crippen LogP contribution >= 0.6 is 0 Å². The van der Waals surface area contributed by atoms with E-state index in [4.69, 9.17) is 5.26 Å². The maximum atomic E-state index is 11.3. The van der Waals surface area contributed by atoms with E-state index in [2.05, 4.69) is 11.3 Å². The molecule has 6 nitrogen and oxygen atoms in total. The summed E-state index contributed by atoms with van der Waals surface area (Å²) in [6.45, 7) is 3.20. The molecule has 1 aromatic rings. The molecular formula is C12H8N2O4. The lowest BCUT2D eigenvalue weighted by molar-refractivity contribution is -0.384. The number of ether oxygens (including phenoxy) is 1. The van der Waals surface area contributed by atoms with Crippen LogP contribution in [0.4, 0.5) is 5.69 Å². The Bertz CT molecular complexity index is 552. The topological polar surface area (TPSA) is 93.2 Å². The molecule has 0 bridgehead atoms. The second kappa shape index (κ2) is 5.96. The summed E-state index contributed by atoms with van der Waals surface area (Å²) in [7, 11) is 0. The molecule has 0 aliphatic heterocycles. The molecule has 0 fully saturated rings. The van der Waals surface area contributed by atoms with Crippen molar-refractivity contribution in [2.75, 3.05) is 0 Å². The number of hydrogen-bond acceptors (Lipinski definition) is 5. The van der Waals surface area contributed by atoms with E-state index in [9.17, 15) is 14.9 Å². The highest BCUT2D eigenvalue weighted by Crippen LogP contribution is 2.14. The highest BCUT2D eigenvalue weighted by molar-refractivity contribution is 5.98. The maximum absolute atomic E-state index is 11.3. The van der Waals surface area contributed by atoms with E-state index in [1.165, 1.54) is 30.3 Å². The van der Waals surface area contributed by atoms with Gasteiger partial charge in [-0.1, -0.05) is 6.58 Å². The van der Waals surface area contributed by atoms with E-state index >= 15 is 0 Å². The van der Waals surface area contributed by atoms with Gasteiger partial charge in [-0.2, -0.15) is 5.26 Å². The van der Waals surface area contributed by atoms with Gasteiger partial charge in [-0.3, -0.25) is 10.1 Å². The van der Waals surface area contributed by atoms with Gasteiger partial charge in [0.1, 0.15) is 11.6 Å². The largest absolute Gasteiger partial charge is 0.431 e. The zero-order valence-corrected chi connectivity index (χ0v) is 9.20. The molecule has 0 unspecified atom stereocenters. The number of nitro benzene ring substituents is 1. The van der Waals surface area contributed by atoms with Crippen molar-refractivity contribution >= 4 is 17.7 Å². The number of benzene rings is 1. The van der Waals surface area contributed by atoms with Crippen molar-refractivity contribution in [2.24, 2.45) is 0 Å². The number of hydrogen-bond donors (Lipinski definition) is 0. The lowest BCUT2D eigenvalue weighted by Gasteiger charge is -1.97. The molecule has 0 aliphatic rings. The van der Waals surface area contributed by atoms with Crippen LogP contribution in [0, 0.1) is 21.4 Å². The number of rotatable bonds is 4. The molecule has 0 N–H and O–H groups in total. The number of nitro groups is 1. The van der Waals surface area contributed by atoms with Crippen LogP contribution in [0.15, 0.2) is 42.7 Å². The van der Waals surface area contributed by atoms with Crippen molar-refractivity contribution in [3.05, 3.63) is 58.4 Å². The molecule has 0 amide bonds. The minimum absolute atomic E-state index is 0.0701. The second-order valence-corrected chi connectivity index (χ2v) is 3.09. The van der Waals surface area contributed by atoms with Gasteiger partial charge < -0.3 is 4.74 Å². The first-order valence-electron chi connectivity index (χ1n) is 4.76. The minimum atomic E-state index is -0.828. The summed E-state index contributed by atoms with van der Waals surface area (Å²) in [5.41, 5.74) is 0.196. The molecular weight excluding hydrogens is 236 g/mol. The number of nitrogens with zero attached hydrogens (tertiary/aromatic N) is 2. The predicted molar refractivity (Wildman–Crippen MR) is 63.0 cm³/mol. The number of nitriles is 1. The van der Waals surface area contributed by atoms with Crippen LogP contribution < -0.4 is 0 Å². The van der Waals surface area contributed by atoms with E-state index < -0.39 is 10.9 Å². The summed E-state index contributed by atoms with van der Waals surface area (Å²) >= 11 is 0. The van der Waals surface area contributed by atoms with Crippen molar-refractivity contribution in [3.8, 4) is 6.07 Å². The van der Waals surface area contributed by atoms with Crippen molar-refractivity contribution in [3.63, 3.8) is 0 Å². The zero-order chi connectivity index (χ0) is 13.5. The molecule has 0 spiro atoms. The molecule has 0 aromatic heterocycles. The van der Waals surface area contributed by atoms with Crippen LogP contribution in [0.1, 0.15) is 5.56 Å². The highest BCUT2D eigenvalue weighted by atomic mass is 16.6. The van der Waals surface area contributed by atoms with Gasteiger partial charge in [0.25, 0.3) is 5.69 Å². The van der Waals surface area contributed by atoms with Crippen LogP contribution in [0.2, 0.25) is 0 Å². The Morgan fingerprint density at radius 2 is 2.06 bits per heavy atom. The number of carbonyl (C=O) groups is 1. The van der Waals surface area contributed by atoms with Crippen molar-refractivity contribution in [1.29, 1.82) is 5.26 Å². The number of carbonyl (C=O) groups excluding carboxylic acids is 1. The molecule has 18 heavy (non-hydrogen) atoms. The number of esters is 1. The van der Waals surface area contributed by atoms with Gasteiger partial charge in [0.2, 0.25) is 0 Å². The molecule has 0 saturated heterocycles. The van der Waals surface area contributed by atoms with Crippen LogP contribution in [0.3, 0.4) is 0 Å². The normalized spacial score (nSPS) is 10.3. The minimum Gasteiger partial charge on any atom is -0.431 e. The summed E-state index contributed by atoms with van der Waals surface area (Å²) in [6, 6.07) is 7.09. The SMILES string of the molecule is C=COC(=O)/C(C#N)=C/c1ccc([N+](=O)[O-])cc1. The molecule has 0 radical (unpaired) electrons. The van der Waals surface area contributed by atoms with Crippen molar-refractivity contribution < 1.29 is 14.5 Å². The van der Waals surface area contributed by atoms with Crippen LogP contribution in [-0.4, -0.2) is 10.9 Å². The third kappa shape index (κ3) is 3.28. The summed E-state index contributed by atoms with van der Waals surface area (Å²) in [5.74, 6) is -0.828. The Morgan fingerprint density at radius 1 is 1.44 bits per heavy atom. The maximum Gasteiger partial charge on any atom is 0.353 e. The third-order valence-corrected chi connectivity index (χ3v) is 1.95. The Labute approximate surface area is 103 Å². The quantitative estimate of drug-likeness (QED) is 0.202. The van der Waals surface area contributed by atoms with Gasteiger partial charge in [-0.15, -0.1) is 0 Å². The first-order valence-corrected chi connectivity index (χ1v) is 4.76. The summed E-state index contributed by atoms with van der Waals surface area (Å²) < 4.78 is 4.46. The van der Waals surface area contributed by atoms with Crippen LogP contribution in [0.5, 0.6) is 0 Å². The standard InChI is InChI=1S/C12H8N2O4/c1-2-18-12(15)10(8-13)7-9-3-5-11(6-4-9)14(16)17/h2-7H,1H2/b10-7+. The Hall–Kier alpha value is -2.94. The Balaban J connectivity index is 3.00. The fraction of sp³-hybridized carbons (Fsp3) is 0. The molecule has 6 heteroatoms. The Morgan fingerprint density at radius 3 is 2.50 bits per heavy atom. The van der Waals surface area contributed by atoms with E-state index in [1.807, 2.05) is 0 Å². The average molecular weight is 244 g/mol. The lowest BCUT2D eigenvalue weighted by Crippen LogP contribution is -2.01. The lowest BCUT2D eigenvalue weighted by atomic mass is 10.1.